The molecule has 4 aliphatic rings. The van der Waals surface area contributed by atoms with E-state index < -0.39 is 52.9 Å². The van der Waals surface area contributed by atoms with Gasteiger partial charge in [0.15, 0.2) is 0 Å². The second-order valence-corrected chi connectivity index (χ2v) is 13.1. The summed E-state index contributed by atoms with van der Waals surface area (Å²) in [4.78, 5) is 0. The maximum absolute atomic E-state index is 12.3. The van der Waals surface area contributed by atoms with Gasteiger partial charge in [0.05, 0.1) is 24.4 Å². The molecule has 0 heterocycles. The summed E-state index contributed by atoms with van der Waals surface area (Å²) in [5, 5.41) is 77.2. The third-order valence-electron chi connectivity index (χ3n) is 11.2. The van der Waals surface area contributed by atoms with Crippen LogP contribution in [0.15, 0.2) is 0 Å². The van der Waals surface area contributed by atoms with Crippen molar-refractivity contribution in [3.63, 3.8) is 0 Å². The van der Waals surface area contributed by atoms with Crippen molar-refractivity contribution in [1.82, 2.24) is 0 Å². The van der Waals surface area contributed by atoms with Crippen LogP contribution >= 0.6 is 0 Å². The van der Waals surface area contributed by atoms with E-state index >= 15 is 0 Å². The maximum atomic E-state index is 12.3. The first kappa shape index (κ1) is 26.8. The summed E-state index contributed by atoms with van der Waals surface area (Å²) in [6, 6.07) is 0. The van der Waals surface area contributed by atoms with Gasteiger partial charge >= 0.3 is 0 Å². The highest BCUT2D eigenvalue weighted by atomic mass is 16.4. The zero-order valence-corrected chi connectivity index (χ0v) is 21.3. The minimum Gasteiger partial charge on any atom is -0.396 e. The molecule has 7 heteroatoms. The number of rotatable bonds is 6. The molecule has 0 saturated heterocycles. The van der Waals surface area contributed by atoms with Gasteiger partial charge in [-0.25, -0.2) is 0 Å². The van der Waals surface area contributed by atoms with Crippen LogP contribution < -0.4 is 0 Å². The molecule has 7 nitrogen and oxygen atoms in total. The first-order valence-corrected chi connectivity index (χ1v) is 13.6. The Hall–Kier alpha value is -0.280. The van der Waals surface area contributed by atoms with Gasteiger partial charge in [-0.05, 0) is 78.9 Å². The van der Waals surface area contributed by atoms with Crippen LogP contribution in [0.2, 0.25) is 0 Å². The summed E-state index contributed by atoms with van der Waals surface area (Å²) in [6.45, 7) is 8.38. The third-order valence-corrected chi connectivity index (χ3v) is 11.2. The lowest BCUT2D eigenvalue weighted by molar-refractivity contribution is -0.309. The molecule has 0 bridgehead atoms. The molecular weight excluding hydrogens is 436 g/mol. The highest BCUT2D eigenvalue weighted by Crippen LogP contribution is 2.69. The minimum atomic E-state index is -1.71. The van der Waals surface area contributed by atoms with Crippen molar-refractivity contribution in [2.24, 2.45) is 46.3 Å². The summed E-state index contributed by atoms with van der Waals surface area (Å²) in [5.41, 5.74) is -2.74. The molecule has 0 amide bonds. The Morgan fingerprint density at radius 1 is 0.853 bits per heavy atom. The average molecular weight is 485 g/mol. The van der Waals surface area contributed by atoms with E-state index in [1.165, 1.54) is 0 Å². The smallest absolute Gasteiger partial charge is 0.109 e. The highest BCUT2D eigenvalue weighted by Gasteiger charge is 2.75. The maximum Gasteiger partial charge on any atom is 0.109 e. The number of aliphatic hydroxyl groups is 7. The Morgan fingerprint density at radius 3 is 2.15 bits per heavy atom. The Kier molecular flexibility index (Phi) is 7.27. The van der Waals surface area contributed by atoms with Gasteiger partial charge in [-0.15, -0.1) is 0 Å². The van der Waals surface area contributed by atoms with Crippen LogP contribution in [-0.2, 0) is 0 Å². The van der Waals surface area contributed by atoms with E-state index in [0.29, 0.717) is 25.7 Å². The van der Waals surface area contributed by atoms with Crippen LogP contribution in [0, 0.1) is 46.3 Å². The average Bonchev–Trinajstić information content (AvgIpc) is 2.99. The second kappa shape index (κ2) is 9.23. The Labute approximate surface area is 204 Å². The van der Waals surface area contributed by atoms with Crippen molar-refractivity contribution in [2.45, 2.75) is 115 Å². The van der Waals surface area contributed by atoms with Gasteiger partial charge in [0.1, 0.15) is 11.7 Å². The Morgan fingerprint density at radius 2 is 1.50 bits per heavy atom. The van der Waals surface area contributed by atoms with Gasteiger partial charge in [0, 0.05) is 12.5 Å². The standard InChI is InChI=1S/C27H48O7/c1-14(13-28)6-5-7-15(2)19-21(31)22(32)23-26(19,4)11-9-18-25(3)10-8-16(29)12-17(25)20(30)24(33)27(18,23)34/h14-24,28-34H,5-13H2,1-4H3/t14-,15+,16-,17+,18+,19-,20+,21+,22-,23+,24+,25-,26+,27-/m0/s1. The summed E-state index contributed by atoms with van der Waals surface area (Å²) in [6.07, 6.45) is 0.370. The molecule has 0 aromatic rings. The van der Waals surface area contributed by atoms with Crippen LogP contribution in [0.5, 0.6) is 0 Å². The Balaban J connectivity index is 1.66. The lowest BCUT2D eigenvalue weighted by Gasteiger charge is -2.67. The van der Waals surface area contributed by atoms with Gasteiger partial charge in [0.25, 0.3) is 0 Å². The van der Waals surface area contributed by atoms with Crippen molar-refractivity contribution in [2.75, 3.05) is 6.61 Å². The molecule has 0 spiro atoms. The van der Waals surface area contributed by atoms with Crippen molar-refractivity contribution in [3.05, 3.63) is 0 Å². The van der Waals surface area contributed by atoms with Crippen LogP contribution in [-0.4, -0.2) is 78.5 Å². The molecule has 4 fully saturated rings. The number of hydrogen-bond acceptors (Lipinski definition) is 7. The van der Waals surface area contributed by atoms with E-state index in [0.717, 1.165) is 25.7 Å². The molecule has 0 radical (unpaired) electrons. The zero-order chi connectivity index (χ0) is 25.2. The predicted octanol–water partition coefficient (Wildman–Crippen LogP) is 1.44. The Bertz CT molecular complexity index is 734. The fourth-order valence-corrected chi connectivity index (χ4v) is 9.52. The molecule has 4 rings (SSSR count). The van der Waals surface area contributed by atoms with Crippen molar-refractivity contribution >= 4 is 0 Å². The summed E-state index contributed by atoms with van der Waals surface area (Å²) in [5.74, 6) is -1.28. The summed E-state index contributed by atoms with van der Waals surface area (Å²) >= 11 is 0. The molecule has 4 saturated carbocycles. The second-order valence-electron chi connectivity index (χ2n) is 13.1. The largest absolute Gasteiger partial charge is 0.396 e. The summed E-state index contributed by atoms with van der Waals surface area (Å²) < 4.78 is 0. The van der Waals surface area contributed by atoms with Gasteiger partial charge in [-0.3, -0.25) is 0 Å². The monoisotopic (exact) mass is 484 g/mol. The summed E-state index contributed by atoms with van der Waals surface area (Å²) in [7, 11) is 0. The topological polar surface area (TPSA) is 142 Å². The van der Waals surface area contributed by atoms with E-state index in [4.69, 9.17) is 0 Å². The number of hydrogen-bond donors (Lipinski definition) is 7. The molecule has 14 atom stereocenters. The van der Waals surface area contributed by atoms with Crippen LogP contribution in [0.25, 0.3) is 0 Å². The zero-order valence-electron chi connectivity index (χ0n) is 21.3. The molecule has 34 heavy (non-hydrogen) atoms. The molecule has 0 unspecified atom stereocenters. The molecule has 7 N–H and O–H groups in total. The molecular formula is C27H48O7. The van der Waals surface area contributed by atoms with E-state index in [1.54, 1.807) is 0 Å². The predicted molar refractivity (Wildman–Crippen MR) is 128 cm³/mol. The fourth-order valence-electron chi connectivity index (χ4n) is 9.52. The molecule has 198 valence electrons. The SMILES string of the molecule is C[C@H](CO)CCC[C@@H](C)[C@H]1[C@@H](O)[C@H](O)[C@@H]2[C@]1(C)CC[C@@H]1[C@@]3(C)CC[C@H](O)C[C@@H]3[C@@H](O)[C@@H](O)[C@]12O. The molecule has 0 aliphatic heterocycles. The van der Waals surface area contributed by atoms with Gasteiger partial charge in [-0.1, -0.05) is 40.5 Å². The first-order chi connectivity index (χ1) is 15.8. The molecule has 0 aromatic carbocycles. The third kappa shape index (κ3) is 3.72. The van der Waals surface area contributed by atoms with Gasteiger partial charge in [-0.2, -0.15) is 0 Å². The quantitative estimate of drug-likeness (QED) is 0.302. The fraction of sp³-hybridized carbons (Fsp3) is 1.00. The first-order valence-electron chi connectivity index (χ1n) is 13.6. The van der Waals surface area contributed by atoms with E-state index in [-0.39, 0.29) is 36.2 Å². The van der Waals surface area contributed by atoms with Crippen molar-refractivity contribution in [1.29, 1.82) is 0 Å². The highest BCUT2D eigenvalue weighted by molar-refractivity contribution is 5.24. The van der Waals surface area contributed by atoms with Gasteiger partial charge in [0.2, 0.25) is 0 Å². The van der Waals surface area contributed by atoms with Gasteiger partial charge < -0.3 is 35.7 Å². The van der Waals surface area contributed by atoms with Crippen molar-refractivity contribution < 1.29 is 35.7 Å². The van der Waals surface area contributed by atoms with E-state index in [1.807, 2.05) is 13.8 Å². The minimum absolute atomic E-state index is 0.101. The molecule has 0 aromatic heterocycles. The lowest BCUT2D eigenvalue weighted by atomic mass is 9.41. The lowest BCUT2D eigenvalue weighted by Crippen LogP contribution is -2.75. The molecule has 4 aliphatic carbocycles. The number of aliphatic hydroxyl groups excluding tert-OH is 6. The normalized spacial score (nSPS) is 54.6. The van der Waals surface area contributed by atoms with Crippen LogP contribution in [0.3, 0.4) is 0 Å². The van der Waals surface area contributed by atoms with E-state index in [2.05, 4.69) is 13.8 Å². The number of fused-ring (bicyclic) bond motifs is 5. The van der Waals surface area contributed by atoms with Crippen LogP contribution in [0.4, 0.5) is 0 Å². The van der Waals surface area contributed by atoms with Crippen molar-refractivity contribution in [3.8, 4) is 0 Å². The van der Waals surface area contributed by atoms with Crippen LogP contribution in [0.1, 0.15) is 79.1 Å². The van der Waals surface area contributed by atoms with E-state index in [9.17, 15) is 35.7 Å².